The van der Waals surface area contributed by atoms with Crippen LogP contribution in [0.25, 0.3) is 0 Å². The minimum Gasteiger partial charge on any atom is -0.286 e. The van der Waals surface area contributed by atoms with E-state index in [-0.39, 0.29) is 16.4 Å². The summed E-state index contributed by atoms with van der Waals surface area (Å²) >= 11 is 1.03. The summed E-state index contributed by atoms with van der Waals surface area (Å²) in [4.78, 5) is 22.3. The molecule has 1 aromatic rings. The third kappa shape index (κ3) is 1.65. The SMILES string of the molecule is Cc1ccc(C2SC(=O)NC2=O)cc1. The quantitative estimate of drug-likeness (QED) is 0.766. The summed E-state index contributed by atoms with van der Waals surface area (Å²) in [5.74, 6) is -0.219. The second kappa shape index (κ2) is 3.46. The molecule has 0 aliphatic carbocycles. The van der Waals surface area contributed by atoms with Crippen molar-refractivity contribution >= 4 is 22.9 Å². The number of nitrogens with one attached hydrogen (secondary N) is 1. The number of benzene rings is 1. The van der Waals surface area contributed by atoms with E-state index in [4.69, 9.17) is 0 Å². The highest BCUT2D eigenvalue weighted by Gasteiger charge is 2.32. The fraction of sp³-hybridized carbons (Fsp3) is 0.200. The molecule has 2 amide bonds. The van der Waals surface area contributed by atoms with Gasteiger partial charge in [0.05, 0.1) is 0 Å². The highest BCUT2D eigenvalue weighted by Crippen LogP contribution is 2.33. The summed E-state index contributed by atoms with van der Waals surface area (Å²) in [6.45, 7) is 1.98. The lowest BCUT2D eigenvalue weighted by Gasteiger charge is -2.04. The molecule has 1 aliphatic heterocycles. The average molecular weight is 207 g/mol. The van der Waals surface area contributed by atoms with E-state index in [0.29, 0.717) is 0 Å². The van der Waals surface area contributed by atoms with Crippen molar-refractivity contribution in [2.45, 2.75) is 12.2 Å². The molecule has 0 radical (unpaired) electrons. The van der Waals surface area contributed by atoms with Gasteiger partial charge in [-0.3, -0.25) is 14.9 Å². The van der Waals surface area contributed by atoms with Crippen molar-refractivity contribution in [3.05, 3.63) is 35.4 Å². The van der Waals surface area contributed by atoms with Crippen LogP contribution in [0.5, 0.6) is 0 Å². The summed E-state index contributed by atoms with van der Waals surface area (Å²) in [6.07, 6.45) is 0. The lowest BCUT2D eigenvalue weighted by Crippen LogP contribution is -2.20. The van der Waals surface area contributed by atoms with Crippen LogP contribution >= 0.6 is 11.8 Å². The van der Waals surface area contributed by atoms with Gasteiger partial charge in [0.1, 0.15) is 5.25 Å². The van der Waals surface area contributed by atoms with Crippen molar-refractivity contribution in [3.63, 3.8) is 0 Å². The van der Waals surface area contributed by atoms with Crippen LogP contribution in [0.1, 0.15) is 16.4 Å². The van der Waals surface area contributed by atoms with Crippen LogP contribution in [-0.4, -0.2) is 11.1 Å². The van der Waals surface area contributed by atoms with Crippen LogP contribution in [0.2, 0.25) is 0 Å². The third-order valence-electron chi connectivity index (χ3n) is 2.07. The molecule has 0 aromatic heterocycles. The summed E-state index contributed by atoms with van der Waals surface area (Å²) < 4.78 is 0. The molecule has 1 unspecified atom stereocenters. The van der Waals surface area contributed by atoms with Gasteiger partial charge in [-0.05, 0) is 24.2 Å². The van der Waals surface area contributed by atoms with E-state index in [0.717, 1.165) is 22.9 Å². The first kappa shape index (κ1) is 9.27. The monoisotopic (exact) mass is 207 g/mol. The number of rotatable bonds is 1. The van der Waals surface area contributed by atoms with Crippen molar-refractivity contribution in [2.75, 3.05) is 0 Å². The molecule has 1 aliphatic rings. The van der Waals surface area contributed by atoms with Crippen LogP contribution in [0.3, 0.4) is 0 Å². The molecular weight excluding hydrogens is 198 g/mol. The summed E-state index contributed by atoms with van der Waals surface area (Å²) in [6, 6.07) is 7.63. The largest absolute Gasteiger partial charge is 0.286 e. The molecule has 14 heavy (non-hydrogen) atoms. The Morgan fingerprint density at radius 2 is 1.86 bits per heavy atom. The first-order valence-electron chi connectivity index (χ1n) is 4.25. The molecule has 0 spiro atoms. The van der Waals surface area contributed by atoms with Crippen molar-refractivity contribution in [2.24, 2.45) is 0 Å². The summed E-state index contributed by atoms with van der Waals surface area (Å²) in [5, 5.41) is 1.63. The highest BCUT2D eigenvalue weighted by atomic mass is 32.2. The van der Waals surface area contributed by atoms with Crippen molar-refractivity contribution in [1.29, 1.82) is 0 Å². The first-order valence-corrected chi connectivity index (χ1v) is 5.13. The topological polar surface area (TPSA) is 46.2 Å². The van der Waals surface area contributed by atoms with Gasteiger partial charge < -0.3 is 0 Å². The van der Waals surface area contributed by atoms with E-state index in [1.165, 1.54) is 0 Å². The van der Waals surface area contributed by atoms with E-state index in [1.807, 2.05) is 31.2 Å². The number of thioether (sulfide) groups is 1. The first-order chi connectivity index (χ1) is 6.66. The highest BCUT2D eigenvalue weighted by molar-refractivity contribution is 8.15. The maximum atomic E-state index is 11.3. The Morgan fingerprint density at radius 3 is 2.36 bits per heavy atom. The maximum absolute atomic E-state index is 11.3. The van der Waals surface area contributed by atoms with E-state index >= 15 is 0 Å². The fourth-order valence-corrected chi connectivity index (χ4v) is 2.15. The van der Waals surface area contributed by atoms with Gasteiger partial charge in [0.15, 0.2) is 0 Å². The third-order valence-corrected chi connectivity index (χ3v) is 3.11. The number of imide groups is 1. The number of carbonyl (C=O) groups is 2. The van der Waals surface area contributed by atoms with E-state index in [9.17, 15) is 9.59 Å². The molecule has 0 saturated carbocycles. The minimum absolute atomic E-state index is 0.219. The van der Waals surface area contributed by atoms with Gasteiger partial charge in [-0.15, -0.1) is 0 Å². The molecule has 1 heterocycles. The smallest absolute Gasteiger partial charge is 0.286 e. The Hall–Kier alpha value is -1.29. The Balaban J connectivity index is 2.27. The lowest BCUT2D eigenvalue weighted by atomic mass is 10.1. The van der Waals surface area contributed by atoms with Crippen LogP contribution < -0.4 is 5.32 Å². The molecule has 1 fully saturated rings. The number of hydrogen-bond donors (Lipinski definition) is 1. The number of carbonyl (C=O) groups excluding carboxylic acids is 2. The average Bonchev–Trinajstić information content (AvgIpc) is 2.47. The van der Waals surface area contributed by atoms with E-state index in [1.54, 1.807) is 0 Å². The molecule has 2 rings (SSSR count). The number of aryl methyl sites for hydroxylation is 1. The predicted molar refractivity (Wildman–Crippen MR) is 55.0 cm³/mol. The predicted octanol–water partition coefficient (Wildman–Crippen LogP) is 2.02. The van der Waals surface area contributed by atoms with Crippen molar-refractivity contribution in [3.8, 4) is 0 Å². The summed E-state index contributed by atoms with van der Waals surface area (Å²) in [7, 11) is 0. The van der Waals surface area contributed by atoms with E-state index in [2.05, 4.69) is 5.32 Å². The molecule has 1 aromatic carbocycles. The standard InChI is InChI=1S/C10H9NO2S/c1-6-2-4-7(5-3-6)8-9(12)11-10(13)14-8/h2-5,8H,1H3,(H,11,12,13). The molecule has 0 bridgehead atoms. The normalized spacial score (nSPS) is 21.1. The second-order valence-electron chi connectivity index (χ2n) is 3.19. The molecule has 1 saturated heterocycles. The zero-order chi connectivity index (χ0) is 10.1. The Morgan fingerprint density at radius 1 is 1.21 bits per heavy atom. The van der Waals surface area contributed by atoms with Gasteiger partial charge in [0.25, 0.3) is 5.24 Å². The zero-order valence-electron chi connectivity index (χ0n) is 7.61. The van der Waals surface area contributed by atoms with Gasteiger partial charge in [-0.1, -0.05) is 29.8 Å². The molecule has 1 atom stereocenters. The van der Waals surface area contributed by atoms with Crippen LogP contribution in [-0.2, 0) is 4.79 Å². The Labute approximate surface area is 85.9 Å². The van der Waals surface area contributed by atoms with Gasteiger partial charge in [-0.25, -0.2) is 0 Å². The minimum atomic E-state index is -0.372. The van der Waals surface area contributed by atoms with Gasteiger partial charge in [0.2, 0.25) is 5.91 Å². The zero-order valence-corrected chi connectivity index (χ0v) is 8.43. The molecular formula is C10H9NO2S. The Kier molecular flexibility index (Phi) is 2.29. The van der Waals surface area contributed by atoms with Crippen molar-refractivity contribution < 1.29 is 9.59 Å². The van der Waals surface area contributed by atoms with Crippen LogP contribution in [0, 0.1) is 6.92 Å². The van der Waals surface area contributed by atoms with Gasteiger partial charge >= 0.3 is 0 Å². The number of amides is 2. The van der Waals surface area contributed by atoms with Crippen molar-refractivity contribution in [1.82, 2.24) is 5.32 Å². The lowest BCUT2D eigenvalue weighted by molar-refractivity contribution is -0.119. The summed E-state index contributed by atoms with van der Waals surface area (Å²) in [5.41, 5.74) is 2.02. The number of hydrogen-bond acceptors (Lipinski definition) is 3. The van der Waals surface area contributed by atoms with Crippen LogP contribution in [0.4, 0.5) is 4.79 Å². The van der Waals surface area contributed by atoms with Gasteiger partial charge in [-0.2, -0.15) is 0 Å². The molecule has 72 valence electrons. The molecule has 1 N–H and O–H groups in total. The Bertz CT molecular complexity index is 386. The van der Waals surface area contributed by atoms with Gasteiger partial charge in [0, 0.05) is 0 Å². The van der Waals surface area contributed by atoms with E-state index < -0.39 is 0 Å². The van der Waals surface area contributed by atoms with Crippen LogP contribution in [0.15, 0.2) is 24.3 Å². The molecule has 4 heteroatoms. The molecule has 3 nitrogen and oxygen atoms in total. The maximum Gasteiger partial charge on any atom is 0.286 e. The fourth-order valence-electron chi connectivity index (χ4n) is 1.32. The second-order valence-corrected chi connectivity index (χ2v) is 4.26.